The van der Waals surface area contributed by atoms with Crippen molar-refractivity contribution in [3.63, 3.8) is 0 Å². The maximum atomic E-state index is 13.1. The van der Waals surface area contributed by atoms with Crippen molar-refractivity contribution in [2.75, 3.05) is 20.1 Å². The first kappa shape index (κ1) is 15.5. The fraction of sp³-hybridized carbons (Fsp3) is 0.647. The molecule has 7 nitrogen and oxygen atoms in total. The molecule has 4 rings (SSSR count). The molecule has 2 aromatic heterocycles. The van der Waals surface area contributed by atoms with Crippen molar-refractivity contribution in [1.82, 2.24) is 29.4 Å². The zero-order valence-electron chi connectivity index (χ0n) is 14.5. The number of hydrogen-bond donors (Lipinski definition) is 0. The van der Waals surface area contributed by atoms with Gasteiger partial charge in [-0.2, -0.15) is 10.1 Å². The summed E-state index contributed by atoms with van der Waals surface area (Å²) in [6.07, 6.45) is 4.97. The highest BCUT2D eigenvalue weighted by Crippen LogP contribution is 2.29. The molecule has 2 saturated heterocycles. The molecule has 0 radical (unpaired) electrons. The van der Waals surface area contributed by atoms with Crippen molar-refractivity contribution in [1.29, 1.82) is 0 Å². The fourth-order valence-electron chi connectivity index (χ4n) is 4.01. The molecule has 1 amide bonds. The van der Waals surface area contributed by atoms with Gasteiger partial charge in [0.15, 0.2) is 0 Å². The number of aromatic nitrogens is 4. The third-order valence-electron chi connectivity index (χ3n) is 5.53. The van der Waals surface area contributed by atoms with E-state index in [1.54, 1.807) is 4.52 Å². The Morgan fingerprint density at radius 1 is 1.25 bits per heavy atom. The zero-order chi connectivity index (χ0) is 16.8. The maximum Gasteiger partial charge on any atom is 0.272 e. The highest BCUT2D eigenvalue weighted by atomic mass is 16.2. The van der Waals surface area contributed by atoms with Gasteiger partial charge >= 0.3 is 0 Å². The Balaban J connectivity index is 1.66. The van der Waals surface area contributed by atoms with E-state index in [0.717, 1.165) is 25.2 Å². The Morgan fingerprint density at radius 2 is 2.04 bits per heavy atom. The SMILES string of the molecule is CC(C)c1cc(C(=O)N2CC[C@@H]3CC[C@H](C2)N3C)nc2ncnn12. The van der Waals surface area contributed by atoms with E-state index in [9.17, 15) is 4.79 Å². The van der Waals surface area contributed by atoms with Gasteiger partial charge < -0.3 is 4.90 Å². The van der Waals surface area contributed by atoms with Crippen LogP contribution in [0, 0.1) is 0 Å². The summed E-state index contributed by atoms with van der Waals surface area (Å²) in [7, 11) is 2.19. The normalized spacial score (nSPS) is 24.8. The van der Waals surface area contributed by atoms with Crippen molar-refractivity contribution in [3.8, 4) is 0 Å². The molecule has 0 saturated carbocycles. The molecule has 0 N–H and O–H groups in total. The van der Waals surface area contributed by atoms with Gasteiger partial charge in [0.1, 0.15) is 12.0 Å². The molecular formula is C17H24N6O. The Morgan fingerprint density at radius 3 is 2.83 bits per heavy atom. The lowest BCUT2D eigenvalue weighted by molar-refractivity contribution is 0.0734. The van der Waals surface area contributed by atoms with E-state index >= 15 is 0 Å². The minimum absolute atomic E-state index is 0.0170. The van der Waals surface area contributed by atoms with Crippen molar-refractivity contribution >= 4 is 11.7 Å². The number of fused-ring (bicyclic) bond motifs is 3. The van der Waals surface area contributed by atoms with Crippen LogP contribution in [0.1, 0.15) is 55.2 Å². The molecule has 0 aromatic carbocycles. The van der Waals surface area contributed by atoms with Crippen LogP contribution < -0.4 is 0 Å². The quantitative estimate of drug-likeness (QED) is 0.837. The molecular weight excluding hydrogens is 304 g/mol. The van der Waals surface area contributed by atoms with Gasteiger partial charge in [0.25, 0.3) is 11.7 Å². The first-order valence-corrected chi connectivity index (χ1v) is 8.76. The van der Waals surface area contributed by atoms with E-state index < -0.39 is 0 Å². The predicted molar refractivity (Wildman–Crippen MR) is 90.0 cm³/mol. The van der Waals surface area contributed by atoms with Crippen LogP contribution in [0.3, 0.4) is 0 Å². The number of nitrogens with zero attached hydrogens (tertiary/aromatic N) is 6. The monoisotopic (exact) mass is 328 g/mol. The predicted octanol–water partition coefficient (Wildman–Crippen LogP) is 1.56. The molecule has 7 heteroatoms. The van der Waals surface area contributed by atoms with E-state index in [1.807, 2.05) is 11.0 Å². The molecule has 2 atom stereocenters. The Kier molecular flexibility index (Phi) is 3.75. The first-order valence-electron chi connectivity index (χ1n) is 8.76. The highest BCUT2D eigenvalue weighted by Gasteiger charge is 2.36. The maximum absolute atomic E-state index is 13.1. The molecule has 2 aliphatic rings. The van der Waals surface area contributed by atoms with Gasteiger partial charge in [-0.25, -0.2) is 9.50 Å². The molecule has 0 aliphatic carbocycles. The summed E-state index contributed by atoms with van der Waals surface area (Å²) in [6.45, 7) is 5.78. The molecule has 128 valence electrons. The largest absolute Gasteiger partial charge is 0.336 e. The lowest BCUT2D eigenvalue weighted by Gasteiger charge is -2.25. The topological polar surface area (TPSA) is 66.6 Å². The Bertz CT molecular complexity index is 770. The van der Waals surface area contributed by atoms with Gasteiger partial charge in [-0.15, -0.1) is 0 Å². The smallest absolute Gasteiger partial charge is 0.272 e. The lowest BCUT2D eigenvalue weighted by atomic mass is 10.1. The van der Waals surface area contributed by atoms with E-state index in [1.165, 1.54) is 19.2 Å². The lowest BCUT2D eigenvalue weighted by Crippen LogP contribution is -2.40. The summed E-state index contributed by atoms with van der Waals surface area (Å²) in [6, 6.07) is 2.97. The molecule has 0 unspecified atom stereocenters. The van der Waals surface area contributed by atoms with Crippen LogP contribution >= 0.6 is 0 Å². The highest BCUT2D eigenvalue weighted by molar-refractivity contribution is 5.93. The van der Waals surface area contributed by atoms with Crippen molar-refractivity contribution < 1.29 is 4.79 Å². The molecule has 2 aliphatic heterocycles. The van der Waals surface area contributed by atoms with Crippen molar-refractivity contribution in [3.05, 3.63) is 23.8 Å². The van der Waals surface area contributed by atoms with E-state index in [2.05, 4.69) is 40.9 Å². The second-order valence-electron chi connectivity index (χ2n) is 7.28. The van der Waals surface area contributed by atoms with Gasteiger partial charge in [0, 0.05) is 25.2 Å². The van der Waals surface area contributed by atoms with Crippen LogP contribution in [0.2, 0.25) is 0 Å². The van der Waals surface area contributed by atoms with Crippen molar-refractivity contribution in [2.45, 2.75) is 51.1 Å². The van der Waals surface area contributed by atoms with Crippen LogP contribution in [0.5, 0.6) is 0 Å². The second-order valence-corrected chi connectivity index (χ2v) is 7.28. The van der Waals surface area contributed by atoms with Gasteiger partial charge in [0.2, 0.25) is 0 Å². The summed E-state index contributed by atoms with van der Waals surface area (Å²) in [4.78, 5) is 26.1. The van der Waals surface area contributed by atoms with E-state index in [4.69, 9.17) is 0 Å². The standard InChI is InChI=1S/C17H24N6O/c1-11(2)15-8-14(20-17-18-10-19-23(15)17)16(24)22-7-6-12-4-5-13(9-22)21(12)3/h8,10-13H,4-7,9H2,1-3H3/t12-,13+/m0/s1. The molecule has 2 bridgehead atoms. The third-order valence-corrected chi connectivity index (χ3v) is 5.53. The van der Waals surface area contributed by atoms with E-state index in [-0.39, 0.29) is 11.8 Å². The van der Waals surface area contributed by atoms with Gasteiger partial charge in [-0.1, -0.05) is 13.8 Å². The van der Waals surface area contributed by atoms with Crippen LogP contribution in [-0.2, 0) is 0 Å². The molecule has 0 spiro atoms. The zero-order valence-corrected chi connectivity index (χ0v) is 14.5. The number of rotatable bonds is 2. The Hall–Kier alpha value is -2.02. The van der Waals surface area contributed by atoms with Crippen LogP contribution in [0.25, 0.3) is 5.78 Å². The minimum Gasteiger partial charge on any atom is -0.336 e. The number of carbonyl (C=O) groups is 1. The summed E-state index contributed by atoms with van der Waals surface area (Å²) >= 11 is 0. The summed E-state index contributed by atoms with van der Waals surface area (Å²) in [5, 5.41) is 4.22. The average Bonchev–Trinajstić information content (AvgIpc) is 3.10. The number of hydrogen-bond acceptors (Lipinski definition) is 5. The van der Waals surface area contributed by atoms with Crippen LogP contribution in [-0.4, -0.2) is 67.5 Å². The van der Waals surface area contributed by atoms with Gasteiger partial charge in [-0.05, 0) is 38.3 Å². The average molecular weight is 328 g/mol. The minimum atomic E-state index is 0.0170. The van der Waals surface area contributed by atoms with Crippen LogP contribution in [0.4, 0.5) is 0 Å². The first-order chi connectivity index (χ1) is 11.5. The van der Waals surface area contributed by atoms with Crippen molar-refractivity contribution in [2.24, 2.45) is 0 Å². The summed E-state index contributed by atoms with van der Waals surface area (Å²) in [5.74, 6) is 0.761. The third kappa shape index (κ3) is 2.47. The van der Waals surface area contributed by atoms with Gasteiger partial charge in [-0.3, -0.25) is 9.69 Å². The number of amides is 1. The molecule has 24 heavy (non-hydrogen) atoms. The van der Waals surface area contributed by atoms with Gasteiger partial charge in [0.05, 0.1) is 5.69 Å². The molecule has 2 aromatic rings. The Labute approximate surface area is 141 Å². The van der Waals surface area contributed by atoms with Crippen LogP contribution in [0.15, 0.2) is 12.4 Å². The fourth-order valence-corrected chi connectivity index (χ4v) is 4.01. The number of carbonyl (C=O) groups excluding carboxylic acids is 1. The number of likely N-dealkylation sites (tertiary alicyclic amines) is 1. The molecule has 4 heterocycles. The summed E-state index contributed by atoms with van der Waals surface area (Å²) < 4.78 is 1.72. The number of likely N-dealkylation sites (N-methyl/N-ethyl adjacent to an activating group) is 1. The molecule has 2 fully saturated rings. The van der Waals surface area contributed by atoms with E-state index in [0.29, 0.717) is 23.6 Å². The summed E-state index contributed by atoms with van der Waals surface area (Å²) in [5.41, 5.74) is 1.45. The second kappa shape index (κ2) is 5.81.